The lowest BCUT2D eigenvalue weighted by Gasteiger charge is -2.33. The van der Waals surface area contributed by atoms with E-state index in [1.54, 1.807) is 6.92 Å². The van der Waals surface area contributed by atoms with Gasteiger partial charge in [0.25, 0.3) is 5.69 Å². The summed E-state index contributed by atoms with van der Waals surface area (Å²) in [6, 6.07) is 11.3. The number of piperazine rings is 1. The van der Waals surface area contributed by atoms with Crippen LogP contribution in [0.25, 0.3) is 11.4 Å². The van der Waals surface area contributed by atoms with Crippen molar-refractivity contribution >= 4 is 15.7 Å². The highest BCUT2D eigenvalue weighted by atomic mass is 32.2. The van der Waals surface area contributed by atoms with Crippen LogP contribution in [0, 0.1) is 17.0 Å². The average Bonchev–Trinajstić information content (AvgIpc) is 3.28. The van der Waals surface area contributed by atoms with Crippen molar-refractivity contribution in [1.29, 1.82) is 0 Å². The Bertz CT molecular complexity index is 1280. The Labute approximate surface area is 197 Å². The van der Waals surface area contributed by atoms with Gasteiger partial charge in [-0.2, -0.15) is 9.29 Å². The predicted octanol–water partition coefficient (Wildman–Crippen LogP) is 2.86. The van der Waals surface area contributed by atoms with E-state index in [1.807, 2.05) is 36.1 Å². The molecule has 4 rings (SSSR count). The van der Waals surface area contributed by atoms with Crippen molar-refractivity contribution in [2.75, 3.05) is 32.8 Å². The first-order chi connectivity index (χ1) is 16.3. The monoisotopic (exact) mass is 487 g/mol. The van der Waals surface area contributed by atoms with Crippen LogP contribution in [0.1, 0.15) is 18.4 Å². The van der Waals surface area contributed by atoms with Crippen molar-refractivity contribution in [3.63, 3.8) is 0 Å². The van der Waals surface area contributed by atoms with E-state index in [1.165, 1.54) is 16.4 Å². The van der Waals surface area contributed by atoms with Crippen molar-refractivity contribution in [2.24, 2.45) is 0 Å². The minimum absolute atomic E-state index is 0.0374. The molecular formula is C22H25N5O6S. The van der Waals surface area contributed by atoms with Crippen molar-refractivity contribution in [2.45, 2.75) is 25.3 Å². The molecule has 180 valence electrons. The van der Waals surface area contributed by atoms with E-state index in [2.05, 4.69) is 10.1 Å². The van der Waals surface area contributed by atoms with E-state index in [0.717, 1.165) is 11.6 Å². The number of para-hydroxylation sites is 1. The number of nitrogens with zero attached hydrogens (tertiary/aromatic N) is 5. The van der Waals surface area contributed by atoms with Gasteiger partial charge >= 0.3 is 0 Å². The van der Waals surface area contributed by atoms with Crippen LogP contribution in [0.2, 0.25) is 0 Å². The summed E-state index contributed by atoms with van der Waals surface area (Å²) in [5, 5.41) is 15.2. The molecule has 1 saturated heterocycles. The third-order valence-corrected chi connectivity index (χ3v) is 7.63. The van der Waals surface area contributed by atoms with Crippen LogP contribution in [0.4, 0.5) is 5.69 Å². The maximum atomic E-state index is 13.1. The van der Waals surface area contributed by atoms with Gasteiger partial charge < -0.3 is 9.26 Å². The Balaban J connectivity index is 1.42. The highest BCUT2D eigenvalue weighted by Gasteiger charge is 2.31. The Hall–Kier alpha value is -3.35. The lowest BCUT2D eigenvalue weighted by atomic mass is 10.2. The molecule has 0 spiro atoms. The summed E-state index contributed by atoms with van der Waals surface area (Å²) in [6.07, 6.45) is 0. The molecule has 3 aromatic rings. The van der Waals surface area contributed by atoms with E-state index in [4.69, 9.17) is 9.26 Å². The number of sulfonamides is 1. The number of aryl methyl sites for hydroxylation is 1. The Morgan fingerprint density at radius 1 is 1.15 bits per heavy atom. The summed E-state index contributed by atoms with van der Waals surface area (Å²) in [6.45, 7) is 5.85. The zero-order valence-corrected chi connectivity index (χ0v) is 19.7. The van der Waals surface area contributed by atoms with Crippen LogP contribution < -0.4 is 4.74 Å². The standard InChI is InChI=1S/C22H25N5O6S/c1-3-32-19-7-5-4-6-18(19)22-23-21(33-24-22)15-25-10-12-26(13-11-25)34(30,31)20-14-17(27(28)29)9-8-16(20)2/h4-9,14H,3,10-13,15H2,1-2H3. The van der Waals surface area contributed by atoms with E-state index >= 15 is 0 Å². The van der Waals surface area contributed by atoms with Crippen molar-refractivity contribution in [3.05, 3.63) is 64.0 Å². The topological polar surface area (TPSA) is 132 Å². The van der Waals surface area contributed by atoms with Gasteiger partial charge in [-0.3, -0.25) is 15.0 Å². The molecule has 12 heteroatoms. The Kier molecular flexibility index (Phi) is 6.91. The normalized spacial score (nSPS) is 15.4. The number of hydrogen-bond donors (Lipinski definition) is 0. The second-order valence-corrected chi connectivity index (χ2v) is 9.73. The molecule has 0 atom stereocenters. The second-order valence-electron chi connectivity index (χ2n) is 7.83. The molecule has 11 nitrogen and oxygen atoms in total. The number of rotatable bonds is 8. The first kappa shape index (κ1) is 23.8. The fourth-order valence-corrected chi connectivity index (χ4v) is 5.47. The number of ether oxygens (including phenoxy) is 1. The maximum absolute atomic E-state index is 13.1. The van der Waals surface area contributed by atoms with E-state index < -0.39 is 14.9 Å². The summed E-state index contributed by atoms with van der Waals surface area (Å²) >= 11 is 0. The van der Waals surface area contributed by atoms with E-state index in [0.29, 0.717) is 49.3 Å². The molecule has 0 unspecified atom stereocenters. The number of aromatic nitrogens is 2. The van der Waals surface area contributed by atoms with Gasteiger partial charge in [0, 0.05) is 38.3 Å². The SMILES string of the molecule is CCOc1ccccc1-c1noc(CN2CCN(S(=O)(=O)c3cc([N+](=O)[O-])ccc3C)CC2)n1. The molecule has 0 amide bonds. The molecule has 0 aliphatic carbocycles. The zero-order chi connectivity index (χ0) is 24.3. The zero-order valence-electron chi connectivity index (χ0n) is 18.9. The minimum atomic E-state index is -3.85. The van der Waals surface area contributed by atoms with Crippen LogP contribution in [0.15, 0.2) is 51.9 Å². The highest BCUT2D eigenvalue weighted by molar-refractivity contribution is 7.89. The molecule has 0 radical (unpaired) electrons. The molecule has 0 saturated carbocycles. The summed E-state index contributed by atoms with van der Waals surface area (Å²) in [5.41, 5.74) is 0.960. The summed E-state index contributed by atoms with van der Waals surface area (Å²) in [4.78, 5) is 17.0. The fraction of sp³-hybridized carbons (Fsp3) is 0.364. The number of benzene rings is 2. The van der Waals surface area contributed by atoms with Gasteiger partial charge in [-0.15, -0.1) is 0 Å². The molecule has 2 heterocycles. The van der Waals surface area contributed by atoms with Gasteiger partial charge in [-0.1, -0.05) is 23.4 Å². The summed E-state index contributed by atoms with van der Waals surface area (Å²) < 4.78 is 38.6. The van der Waals surface area contributed by atoms with Crippen LogP contribution in [0.5, 0.6) is 5.75 Å². The van der Waals surface area contributed by atoms with Crippen molar-refractivity contribution in [3.8, 4) is 17.1 Å². The van der Waals surface area contributed by atoms with Crippen molar-refractivity contribution in [1.82, 2.24) is 19.3 Å². The molecule has 1 aliphatic rings. The van der Waals surface area contributed by atoms with Gasteiger partial charge in [0.15, 0.2) is 0 Å². The molecule has 2 aromatic carbocycles. The third kappa shape index (κ3) is 4.93. The lowest BCUT2D eigenvalue weighted by Crippen LogP contribution is -2.48. The van der Waals surface area contributed by atoms with Gasteiger partial charge in [0.1, 0.15) is 5.75 Å². The summed E-state index contributed by atoms with van der Waals surface area (Å²) in [5.74, 6) is 1.53. The number of non-ortho nitro benzene ring substituents is 1. The molecule has 0 N–H and O–H groups in total. The van der Waals surface area contributed by atoms with Crippen LogP contribution in [-0.2, 0) is 16.6 Å². The lowest BCUT2D eigenvalue weighted by molar-refractivity contribution is -0.385. The third-order valence-electron chi connectivity index (χ3n) is 5.59. The number of hydrogen-bond acceptors (Lipinski definition) is 9. The maximum Gasteiger partial charge on any atom is 0.270 e. The largest absolute Gasteiger partial charge is 0.493 e. The van der Waals surface area contributed by atoms with Crippen LogP contribution in [-0.4, -0.2) is 65.5 Å². The van der Waals surface area contributed by atoms with E-state index in [-0.39, 0.29) is 23.7 Å². The van der Waals surface area contributed by atoms with Gasteiger partial charge in [-0.25, -0.2) is 8.42 Å². The number of nitro benzene ring substituents is 1. The second kappa shape index (κ2) is 9.87. The molecule has 1 fully saturated rings. The van der Waals surface area contributed by atoms with Gasteiger partial charge in [0.05, 0.1) is 28.5 Å². The first-order valence-electron chi connectivity index (χ1n) is 10.8. The molecule has 1 aliphatic heterocycles. The van der Waals surface area contributed by atoms with Crippen LogP contribution >= 0.6 is 0 Å². The molecule has 34 heavy (non-hydrogen) atoms. The smallest absolute Gasteiger partial charge is 0.270 e. The highest BCUT2D eigenvalue weighted by Crippen LogP contribution is 2.28. The molecule has 1 aromatic heterocycles. The van der Waals surface area contributed by atoms with Gasteiger partial charge in [0.2, 0.25) is 21.7 Å². The summed E-state index contributed by atoms with van der Waals surface area (Å²) in [7, 11) is -3.85. The first-order valence-corrected chi connectivity index (χ1v) is 12.3. The van der Waals surface area contributed by atoms with Crippen LogP contribution in [0.3, 0.4) is 0 Å². The predicted molar refractivity (Wildman–Crippen MR) is 123 cm³/mol. The Morgan fingerprint density at radius 2 is 1.88 bits per heavy atom. The minimum Gasteiger partial charge on any atom is -0.493 e. The average molecular weight is 488 g/mol. The van der Waals surface area contributed by atoms with E-state index in [9.17, 15) is 18.5 Å². The quantitative estimate of drug-likeness (QED) is 0.347. The molecular weight excluding hydrogens is 462 g/mol. The molecule has 0 bridgehead atoms. The Morgan fingerprint density at radius 3 is 2.59 bits per heavy atom. The van der Waals surface area contributed by atoms with Crippen molar-refractivity contribution < 1.29 is 22.6 Å². The van der Waals surface area contributed by atoms with Gasteiger partial charge in [-0.05, 0) is 31.5 Å². The number of nitro groups is 1. The fourth-order valence-electron chi connectivity index (χ4n) is 3.80.